The summed E-state index contributed by atoms with van der Waals surface area (Å²) < 4.78 is 33.8. The third kappa shape index (κ3) is 3.11. The Bertz CT molecular complexity index is 738. The van der Waals surface area contributed by atoms with Crippen molar-refractivity contribution in [3.05, 3.63) is 84.2 Å². The maximum Gasteiger partial charge on any atom is 0.137 e. The molecule has 0 aliphatic rings. The molecule has 0 spiro atoms. The van der Waals surface area contributed by atoms with Crippen LogP contribution in [0.3, 0.4) is 0 Å². The number of ether oxygens (including phenoxy) is 1. The summed E-state index contributed by atoms with van der Waals surface area (Å²) in [6.07, 6.45) is 2.97. The molecule has 3 rings (SSSR count). The van der Waals surface area contributed by atoms with Gasteiger partial charge in [0.15, 0.2) is 0 Å². The summed E-state index contributed by atoms with van der Waals surface area (Å²) in [4.78, 5) is 3.88. The van der Waals surface area contributed by atoms with Gasteiger partial charge in [-0.15, -0.1) is 0 Å². The van der Waals surface area contributed by atoms with Crippen LogP contribution in [-0.2, 0) is 6.61 Å². The largest absolute Gasteiger partial charge is 0.489 e. The molecule has 3 aromatic rings. The molecule has 0 aliphatic carbocycles. The lowest BCUT2D eigenvalue weighted by Gasteiger charge is -2.10. The maximum absolute atomic E-state index is 14.2. The van der Waals surface area contributed by atoms with Crippen molar-refractivity contribution in [2.75, 3.05) is 0 Å². The topological polar surface area (TPSA) is 22.1 Å². The summed E-state index contributed by atoms with van der Waals surface area (Å²) in [5.74, 6) is -1.18. The minimum Gasteiger partial charge on any atom is -0.489 e. The van der Waals surface area contributed by atoms with E-state index in [1.54, 1.807) is 18.3 Å². The molecule has 0 saturated carbocycles. The summed E-state index contributed by atoms with van der Waals surface area (Å²) in [5.41, 5.74) is 1.23. The second kappa shape index (κ2) is 6.35. The zero-order chi connectivity index (χ0) is 15.4. The van der Waals surface area contributed by atoms with Crippen LogP contribution in [0, 0.1) is 11.6 Å². The highest BCUT2D eigenvalue weighted by Gasteiger charge is 2.14. The van der Waals surface area contributed by atoms with E-state index in [4.69, 9.17) is 4.74 Å². The average Bonchev–Trinajstić information content (AvgIpc) is 2.54. The fourth-order valence-corrected chi connectivity index (χ4v) is 2.16. The monoisotopic (exact) mass is 297 g/mol. The predicted octanol–water partition coefficient (Wildman–Crippen LogP) is 4.61. The summed E-state index contributed by atoms with van der Waals surface area (Å²) in [6.45, 7) is 0.256. The fraction of sp³-hybridized carbons (Fsp3) is 0.0556. The summed E-state index contributed by atoms with van der Waals surface area (Å²) >= 11 is 0. The van der Waals surface area contributed by atoms with E-state index in [1.807, 2.05) is 30.3 Å². The highest BCUT2D eigenvalue weighted by atomic mass is 19.1. The van der Waals surface area contributed by atoms with Crippen LogP contribution in [0.4, 0.5) is 8.78 Å². The highest BCUT2D eigenvalue weighted by Crippen LogP contribution is 2.29. The van der Waals surface area contributed by atoms with Gasteiger partial charge in [0.25, 0.3) is 0 Å². The first-order chi connectivity index (χ1) is 10.7. The first-order valence-electron chi connectivity index (χ1n) is 6.80. The predicted molar refractivity (Wildman–Crippen MR) is 80.4 cm³/mol. The van der Waals surface area contributed by atoms with Gasteiger partial charge in [0, 0.05) is 30.1 Å². The van der Waals surface area contributed by atoms with E-state index in [0.717, 1.165) is 5.56 Å². The Morgan fingerprint density at radius 2 is 1.64 bits per heavy atom. The molecule has 0 unspecified atom stereocenters. The smallest absolute Gasteiger partial charge is 0.137 e. The Balaban J connectivity index is 1.84. The summed E-state index contributed by atoms with van der Waals surface area (Å²) in [6, 6.07) is 15.0. The van der Waals surface area contributed by atoms with Crippen LogP contribution in [0.5, 0.6) is 5.75 Å². The number of nitrogens with zero attached hydrogens (tertiary/aromatic N) is 1. The van der Waals surface area contributed by atoms with Crippen molar-refractivity contribution >= 4 is 0 Å². The van der Waals surface area contributed by atoms with Crippen LogP contribution in [-0.4, -0.2) is 4.98 Å². The van der Waals surface area contributed by atoms with Crippen molar-refractivity contribution in [1.29, 1.82) is 0 Å². The fourth-order valence-electron chi connectivity index (χ4n) is 2.16. The van der Waals surface area contributed by atoms with Gasteiger partial charge in [0.1, 0.15) is 24.0 Å². The van der Waals surface area contributed by atoms with E-state index in [2.05, 4.69) is 4.98 Å². The van der Waals surface area contributed by atoms with Crippen LogP contribution >= 0.6 is 0 Å². The molecule has 0 amide bonds. The maximum atomic E-state index is 14.2. The molecule has 0 fully saturated rings. The van der Waals surface area contributed by atoms with Crippen LogP contribution in [0.1, 0.15) is 5.56 Å². The van der Waals surface area contributed by atoms with Gasteiger partial charge in [-0.05, 0) is 11.6 Å². The molecule has 2 aromatic carbocycles. The zero-order valence-corrected chi connectivity index (χ0v) is 11.7. The lowest BCUT2D eigenvalue weighted by Crippen LogP contribution is -1.98. The molecular formula is C18H13F2NO. The Morgan fingerprint density at radius 3 is 2.27 bits per heavy atom. The lowest BCUT2D eigenvalue weighted by molar-refractivity contribution is 0.303. The molecule has 0 bridgehead atoms. The SMILES string of the molecule is Fc1cc(OCc2ccccc2)cc(F)c1-c1cccnc1. The number of benzene rings is 2. The van der Waals surface area contributed by atoms with Gasteiger partial charge < -0.3 is 4.74 Å². The molecule has 22 heavy (non-hydrogen) atoms. The summed E-state index contributed by atoms with van der Waals surface area (Å²) in [5, 5.41) is 0. The molecule has 110 valence electrons. The molecule has 0 radical (unpaired) electrons. The van der Waals surface area contributed by atoms with Crippen molar-refractivity contribution in [1.82, 2.24) is 4.98 Å². The Hall–Kier alpha value is -2.75. The van der Waals surface area contributed by atoms with Crippen LogP contribution in [0.2, 0.25) is 0 Å². The molecule has 0 N–H and O–H groups in total. The number of aromatic nitrogens is 1. The highest BCUT2D eigenvalue weighted by molar-refractivity contribution is 5.64. The van der Waals surface area contributed by atoms with Crippen LogP contribution < -0.4 is 4.74 Å². The first-order valence-corrected chi connectivity index (χ1v) is 6.80. The van der Waals surface area contributed by atoms with Gasteiger partial charge in [-0.3, -0.25) is 4.98 Å². The molecular weight excluding hydrogens is 284 g/mol. The lowest BCUT2D eigenvalue weighted by atomic mass is 10.1. The number of rotatable bonds is 4. The molecule has 0 atom stereocenters. The first kappa shape index (κ1) is 14.2. The zero-order valence-electron chi connectivity index (χ0n) is 11.7. The summed E-state index contributed by atoms with van der Waals surface area (Å²) in [7, 11) is 0. The van der Waals surface area contributed by atoms with E-state index < -0.39 is 11.6 Å². The standard InChI is InChI=1S/C18H13F2NO/c19-16-9-15(22-12-13-5-2-1-3-6-13)10-17(20)18(16)14-7-4-8-21-11-14/h1-11H,12H2. The molecule has 1 heterocycles. The average molecular weight is 297 g/mol. The van der Waals surface area contributed by atoms with Crippen LogP contribution in [0.15, 0.2) is 67.0 Å². The second-order valence-electron chi connectivity index (χ2n) is 4.78. The number of pyridine rings is 1. The molecule has 0 saturated heterocycles. The van der Waals surface area contributed by atoms with E-state index in [1.165, 1.54) is 18.3 Å². The molecule has 4 heteroatoms. The van der Waals surface area contributed by atoms with E-state index in [0.29, 0.717) is 5.56 Å². The second-order valence-corrected chi connectivity index (χ2v) is 4.78. The van der Waals surface area contributed by atoms with Gasteiger partial charge in [-0.25, -0.2) is 8.78 Å². The number of halogens is 2. The van der Waals surface area contributed by atoms with Gasteiger partial charge in [-0.2, -0.15) is 0 Å². The van der Waals surface area contributed by atoms with Crippen molar-refractivity contribution in [3.8, 4) is 16.9 Å². The van der Waals surface area contributed by atoms with E-state index in [9.17, 15) is 8.78 Å². The third-order valence-electron chi connectivity index (χ3n) is 3.21. The molecule has 0 aliphatic heterocycles. The van der Waals surface area contributed by atoms with Gasteiger partial charge in [0.05, 0.1) is 5.56 Å². The normalized spacial score (nSPS) is 10.5. The number of hydrogen-bond acceptors (Lipinski definition) is 2. The van der Waals surface area contributed by atoms with Crippen LogP contribution in [0.25, 0.3) is 11.1 Å². The Kier molecular flexibility index (Phi) is 4.10. The minimum atomic E-state index is -0.670. The Morgan fingerprint density at radius 1 is 0.909 bits per heavy atom. The molecule has 1 aromatic heterocycles. The van der Waals surface area contributed by atoms with Crippen molar-refractivity contribution in [2.24, 2.45) is 0 Å². The minimum absolute atomic E-state index is 0.0971. The van der Waals surface area contributed by atoms with E-state index >= 15 is 0 Å². The quantitative estimate of drug-likeness (QED) is 0.702. The van der Waals surface area contributed by atoms with E-state index in [-0.39, 0.29) is 17.9 Å². The van der Waals surface area contributed by atoms with Gasteiger partial charge in [-0.1, -0.05) is 36.4 Å². The van der Waals surface area contributed by atoms with Gasteiger partial charge in [0.2, 0.25) is 0 Å². The van der Waals surface area contributed by atoms with Crippen molar-refractivity contribution in [2.45, 2.75) is 6.61 Å². The van der Waals surface area contributed by atoms with Crippen molar-refractivity contribution in [3.63, 3.8) is 0 Å². The van der Waals surface area contributed by atoms with Crippen molar-refractivity contribution < 1.29 is 13.5 Å². The Labute approximate surface area is 127 Å². The van der Waals surface area contributed by atoms with Gasteiger partial charge >= 0.3 is 0 Å². The molecule has 2 nitrogen and oxygen atoms in total. The third-order valence-corrected chi connectivity index (χ3v) is 3.21. The number of hydrogen-bond donors (Lipinski definition) is 0.